The van der Waals surface area contributed by atoms with Gasteiger partial charge in [-0.1, -0.05) is 12.1 Å². The molecule has 0 aliphatic rings. The lowest BCUT2D eigenvalue weighted by molar-refractivity contribution is 0.0999. The summed E-state index contributed by atoms with van der Waals surface area (Å²) in [4.78, 5) is 28.7. The van der Waals surface area contributed by atoms with Crippen molar-refractivity contribution in [2.45, 2.75) is 0 Å². The van der Waals surface area contributed by atoms with Gasteiger partial charge in [-0.3, -0.25) is 14.6 Å². The van der Waals surface area contributed by atoms with E-state index in [-0.39, 0.29) is 11.4 Å². The molecular formula is C21H14FN3O2. The van der Waals surface area contributed by atoms with Gasteiger partial charge in [-0.2, -0.15) is 0 Å². The van der Waals surface area contributed by atoms with E-state index in [9.17, 15) is 14.0 Å². The van der Waals surface area contributed by atoms with Gasteiger partial charge in [0.05, 0.1) is 5.52 Å². The van der Waals surface area contributed by atoms with Gasteiger partial charge in [0, 0.05) is 35.2 Å². The van der Waals surface area contributed by atoms with Crippen LogP contribution in [-0.2, 0) is 0 Å². The normalized spacial score (nSPS) is 10.9. The molecule has 2 aromatic carbocycles. The van der Waals surface area contributed by atoms with Crippen LogP contribution in [0.4, 0.5) is 4.39 Å². The Hall–Kier alpha value is -3.80. The fraction of sp³-hybridized carbons (Fsp3) is 0. The van der Waals surface area contributed by atoms with Crippen LogP contribution in [-0.4, -0.2) is 15.5 Å². The van der Waals surface area contributed by atoms with Crippen LogP contribution >= 0.6 is 0 Å². The molecule has 0 saturated carbocycles. The monoisotopic (exact) mass is 359 g/mol. The summed E-state index contributed by atoms with van der Waals surface area (Å²) in [6.07, 6.45) is 4.75. The Morgan fingerprint density at radius 1 is 1.04 bits per heavy atom. The third-order valence-corrected chi connectivity index (χ3v) is 4.37. The second-order valence-electron chi connectivity index (χ2n) is 6.06. The van der Waals surface area contributed by atoms with E-state index < -0.39 is 11.3 Å². The summed E-state index contributed by atoms with van der Waals surface area (Å²) in [5.41, 5.74) is 7.66. The molecule has 0 aliphatic heterocycles. The number of fused-ring (bicyclic) bond motifs is 1. The number of carbonyl (C=O) groups excluding carboxylic acids is 1. The largest absolute Gasteiger partial charge is 0.365 e. The van der Waals surface area contributed by atoms with Crippen LogP contribution in [0.15, 0.2) is 78.0 Å². The molecule has 2 heterocycles. The first-order valence-electron chi connectivity index (χ1n) is 8.20. The van der Waals surface area contributed by atoms with Gasteiger partial charge in [0.25, 0.3) is 5.91 Å². The first-order valence-corrected chi connectivity index (χ1v) is 8.20. The lowest BCUT2D eigenvalue weighted by Gasteiger charge is -2.14. The van der Waals surface area contributed by atoms with Crippen molar-refractivity contribution in [1.82, 2.24) is 9.55 Å². The maximum atomic E-state index is 13.3. The van der Waals surface area contributed by atoms with Gasteiger partial charge in [-0.25, -0.2) is 4.39 Å². The Labute approximate surface area is 153 Å². The Morgan fingerprint density at radius 2 is 1.81 bits per heavy atom. The summed E-state index contributed by atoms with van der Waals surface area (Å²) in [6, 6.07) is 14.8. The van der Waals surface area contributed by atoms with Gasteiger partial charge in [0.15, 0.2) is 0 Å². The molecule has 5 nitrogen and oxygen atoms in total. The van der Waals surface area contributed by atoms with E-state index >= 15 is 0 Å². The quantitative estimate of drug-likeness (QED) is 0.610. The maximum Gasteiger partial charge on any atom is 0.254 e. The molecule has 132 valence electrons. The highest BCUT2D eigenvalue weighted by molar-refractivity contribution is 5.97. The number of pyridine rings is 2. The number of nitrogens with two attached hydrogens (primary N) is 1. The van der Waals surface area contributed by atoms with E-state index in [4.69, 9.17) is 5.73 Å². The molecule has 0 fully saturated rings. The fourth-order valence-electron chi connectivity index (χ4n) is 3.03. The average molecular weight is 359 g/mol. The molecule has 4 rings (SSSR count). The summed E-state index contributed by atoms with van der Waals surface area (Å²) in [6.45, 7) is 0. The van der Waals surface area contributed by atoms with Gasteiger partial charge >= 0.3 is 0 Å². The lowest BCUT2D eigenvalue weighted by Crippen LogP contribution is -2.23. The van der Waals surface area contributed by atoms with Crippen LogP contribution in [0.3, 0.4) is 0 Å². The van der Waals surface area contributed by atoms with Crippen molar-refractivity contribution in [3.63, 3.8) is 0 Å². The van der Waals surface area contributed by atoms with Gasteiger partial charge in [0.2, 0.25) is 5.43 Å². The molecule has 0 saturated heterocycles. The summed E-state index contributed by atoms with van der Waals surface area (Å²) in [5, 5.41) is 0.344. The fourth-order valence-corrected chi connectivity index (χ4v) is 3.03. The smallest absolute Gasteiger partial charge is 0.254 e. The predicted molar refractivity (Wildman–Crippen MR) is 101 cm³/mol. The molecule has 2 N–H and O–H groups in total. The summed E-state index contributed by atoms with van der Waals surface area (Å²) >= 11 is 0. The van der Waals surface area contributed by atoms with Crippen LogP contribution in [0, 0.1) is 5.82 Å². The second-order valence-corrected chi connectivity index (χ2v) is 6.06. The van der Waals surface area contributed by atoms with Crippen molar-refractivity contribution < 1.29 is 9.18 Å². The highest BCUT2D eigenvalue weighted by Crippen LogP contribution is 2.24. The zero-order chi connectivity index (χ0) is 19.0. The molecule has 6 heteroatoms. The van der Waals surface area contributed by atoms with Crippen LogP contribution in [0.1, 0.15) is 10.4 Å². The number of hydrogen-bond donors (Lipinski definition) is 1. The first kappa shape index (κ1) is 16.7. The molecular weight excluding hydrogens is 345 g/mol. The van der Waals surface area contributed by atoms with Gasteiger partial charge in [0.1, 0.15) is 11.4 Å². The Bertz CT molecular complexity index is 1220. The SMILES string of the molecule is NC(=O)c1cn(-c2ccc(F)cc2)c2ccc(-c3cccnc3)cc2c1=O. The zero-order valence-electron chi connectivity index (χ0n) is 14.1. The zero-order valence-corrected chi connectivity index (χ0v) is 14.1. The third-order valence-electron chi connectivity index (χ3n) is 4.37. The minimum absolute atomic E-state index is 0.129. The van der Waals surface area contributed by atoms with E-state index in [2.05, 4.69) is 4.98 Å². The second kappa shape index (κ2) is 6.49. The van der Waals surface area contributed by atoms with Crippen LogP contribution in [0.5, 0.6) is 0 Å². The van der Waals surface area contributed by atoms with Crippen molar-refractivity contribution >= 4 is 16.8 Å². The van der Waals surface area contributed by atoms with E-state index in [1.165, 1.54) is 18.3 Å². The number of hydrogen-bond acceptors (Lipinski definition) is 3. The molecule has 4 aromatic rings. The minimum atomic E-state index is -0.815. The number of rotatable bonds is 3. The highest BCUT2D eigenvalue weighted by Gasteiger charge is 2.15. The predicted octanol–water partition coefficient (Wildman–Crippen LogP) is 3.29. The summed E-state index contributed by atoms with van der Waals surface area (Å²) in [5.74, 6) is -1.19. The average Bonchev–Trinajstić information content (AvgIpc) is 2.69. The van der Waals surface area contributed by atoms with Crippen molar-refractivity contribution in [3.05, 3.63) is 94.8 Å². The molecule has 0 atom stereocenters. The van der Waals surface area contributed by atoms with Crippen LogP contribution in [0.25, 0.3) is 27.7 Å². The summed E-state index contributed by atoms with van der Waals surface area (Å²) in [7, 11) is 0. The van der Waals surface area contributed by atoms with Gasteiger partial charge in [-0.15, -0.1) is 0 Å². The van der Waals surface area contributed by atoms with Crippen LogP contribution < -0.4 is 11.2 Å². The highest BCUT2D eigenvalue weighted by atomic mass is 19.1. The minimum Gasteiger partial charge on any atom is -0.365 e. The molecule has 2 aromatic heterocycles. The van der Waals surface area contributed by atoms with E-state index in [1.807, 2.05) is 12.1 Å². The summed E-state index contributed by atoms with van der Waals surface area (Å²) < 4.78 is 14.9. The molecule has 0 aliphatic carbocycles. The molecule has 0 radical (unpaired) electrons. The van der Waals surface area contributed by atoms with E-state index in [0.29, 0.717) is 16.6 Å². The number of aromatic nitrogens is 2. The third kappa shape index (κ3) is 2.97. The Balaban J connectivity index is 2.04. The number of primary amides is 1. The van der Waals surface area contributed by atoms with E-state index in [0.717, 1.165) is 11.1 Å². The van der Waals surface area contributed by atoms with Crippen molar-refractivity contribution in [1.29, 1.82) is 0 Å². The standard InChI is InChI=1S/C21H14FN3O2/c22-15-4-6-16(7-5-15)25-12-18(21(23)27)20(26)17-10-13(3-8-19(17)25)14-2-1-9-24-11-14/h1-12H,(H2,23,27). The Morgan fingerprint density at radius 3 is 2.48 bits per heavy atom. The number of nitrogens with zero attached hydrogens (tertiary/aromatic N) is 2. The first-order chi connectivity index (χ1) is 13.0. The topological polar surface area (TPSA) is 78.0 Å². The molecule has 27 heavy (non-hydrogen) atoms. The van der Waals surface area contributed by atoms with Crippen molar-refractivity contribution in [3.8, 4) is 16.8 Å². The van der Waals surface area contributed by atoms with E-state index in [1.54, 1.807) is 47.3 Å². The maximum absolute atomic E-state index is 13.3. The number of halogens is 1. The van der Waals surface area contributed by atoms with Crippen LogP contribution in [0.2, 0.25) is 0 Å². The number of benzene rings is 2. The lowest BCUT2D eigenvalue weighted by atomic mass is 10.0. The van der Waals surface area contributed by atoms with Crippen molar-refractivity contribution in [2.24, 2.45) is 5.73 Å². The Kier molecular flexibility index (Phi) is 4.01. The van der Waals surface area contributed by atoms with Gasteiger partial charge < -0.3 is 10.3 Å². The van der Waals surface area contributed by atoms with Gasteiger partial charge in [-0.05, 0) is 48.0 Å². The van der Waals surface area contributed by atoms with Crippen molar-refractivity contribution in [2.75, 3.05) is 0 Å². The molecule has 1 amide bonds. The molecule has 0 spiro atoms. The number of amides is 1. The molecule has 0 bridgehead atoms. The number of carbonyl (C=O) groups is 1. The molecule has 0 unspecified atom stereocenters.